The van der Waals surface area contributed by atoms with Gasteiger partial charge in [0.2, 0.25) is 5.91 Å². The Morgan fingerprint density at radius 3 is 2.96 bits per heavy atom. The summed E-state index contributed by atoms with van der Waals surface area (Å²) in [6.07, 6.45) is 3.98. The first-order valence-corrected chi connectivity index (χ1v) is 9.15. The van der Waals surface area contributed by atoms with E-state index >= 15 is 0 Å². The minimum atomic E-state index is 0.0656. The van der Waals surface area contributed by atoms with E-state index in [1.807, 2.05) is 32.0 Å². The predicted octanol–water partition coefficient (Wildman–Crippen LogP) is 2.76. The van der Waals surface area contributed by atoms with Gasteiger partial charge in [0, 0.05) is 42.8 Å². The Labute approximate surface area is 155 Å². The molecule has 26 heavy (non-hydrogen) atoms. The van der Waals surface area contributed by atoms with Crippen molar-refractivity contribution in [2.24, 2.45) is 0 Å². The molecule has 2 N–H and O–H groups in total. The van der Waals surface area contributed by atoms with Crippen molar-refractivity contribution in [3.05, 3.63) is 47.4 Å². The molecule has 1 saturated heterocycles. The SMILES string of the molecule is CNC(=O)CN1CCC[C@H](c2cc(Nc3ncccc3C)cc(C)n2)C1. The standard InChI is InChI=1S/C20H27N5O/c1-14-6-4-8-22-20(14)24-17-10-15(2)23-18(11-17)16-7-5-9-25(12-16)13-19(26)21-3/h4,6,8,10-11,16H,5,7,9,12-13H2,1-3H3,(H,21,26)(H,22,23,24)/t16-/m0/s1. The van der Waals surface area contributed by atoms with Crippen LogP contribution in [0.1, 0.15) is 35.7 Å². The van der Waals surface area contributed by atoms with Gasteiger partial charge in [-0.1, -0.05) is 6.07 Å². The highest BCUT2D eigenvalue weighted by molar-refractivity contribution is 5.77. The molecule has 0 aliphatic carbocycles. The van der Waals surface area contributed by atoms with Gasteiger partial charge < -0.3 is 10.6 Å². The average Bonchev–Trinajstić information content (AvgIpc) is 2.63. The van der Waals surface area contributed by atoms with Crippen molar-refractivity contribution in [3.63, 3.8) is 0 Å². The minimum absolute atomic E-state index is 0.0656. The third-order valence-electron chi connectivity index (χ3n) is 4.82. The molecule has 0 bridgehead atoms. The van der Waals surface area contributed by atoms with Crippen LogP contribution in [0.25, 0.3) is 0 Å². The van der Waals surface area contributed by atoms with Gasteiger partial charge >= 0.3 is 0 Å². The summed E-state index contributed by atoms with van der Waals surface area (Å²) in [5, 5.41) is 6.12. The van der Waals surface area contributed by atoms with Crippen LogP contribution in [0.2, 0.25) is 0 Å². The van der Waals surface area contributed by atoms with Crippen molar-refractivity contribution < 1.29 is 4.79 Å². The molecule has 2 aromatic heterocycles. The number of hydrogen-bond donors (Lipinski definition) is 2. The number of piperidine rings is 1. The molecule has 1 atom stereocenters. The number of carbonyl (C=O) groups excluding carboxylic acids is 1. The fourth-order valence-electron chi connectivity index (χ4n) is 3.45. The maximum atomic E-state index is 11.7. The van der Waals surface area contributed by atoms with E-state index in [9.17, 15) is 4.79 Å². The number of likely N-dealkylation sites (N-methyl/N-ethyl adjacent to an activating group) is 1. The van der Waals surface area contributed by atoms with Crippen molar-refractivity contribution in [1.82, 2.24) is 20.2 Å². The van der Waals surface area contributed by atoms with Crippen LogP contribution in [0.15, 0.2) is 30.5 Å². The third-order valence-corrected chi connectivity index (χ3v) is 4.82. The topological polar surface area (TPSA) is 70.2 Å². The van der Waals surface area contributed by atoms with Gasteiger partial charge in [-0.05, 0) is 57.0 Å². The van der Waals surface area contributed by atoms with Gasteiger partial charge in [0.1, 0.15) is 5.82 Å². The fraction of sp³-hybridized carbons (Fsp3) is 0.450. The smallest absolute Gasteiger partial charge is 0.233 e. The normalized spacial score (nSPS) is 17.7. The number of likely N-dealkylation sites (tertiary alicyclic amines) is 1. The Kier molecular flexibility index (Phi) is 5.83. The van der Waals surface area contributed by atoms with Crippen LogP contribution in [0, 0.1) is 13.8 Å². The number of aryl methyl sites for hydroxylation is 2. The van der Waals surface area contributed by atoms with Crippen molar-refractivity contribution in [2.75, 3.05) is 32.0 Å². The molecular weight excluding hydrogens is 326 g/mol. The molecule has 0 aromatic carbocycles. The van der Waals surface area contributed by atoms with E-state index < -0.39 is 0 Å². The second-order valence-electron chi connectivity index (χ2n) is 6.96. The Balaban J connectivity index is 1.76. The lowest BCUT2D eigenvalue weighted by atomic mass is 9.93. The molecule has 0 spiro atoms. The van der Waals surface area contributed by atoms with E-state index in [4.69, 9.17) is 4.98 Å². The summed E-state index contributed by atoms with van der Waals surface area (Å²) in [7, 11) is 1.68. The Morgan fingerprint density at radius 1 is 1.35 bits per heavy atom. The highest BCUT2D eigenvalue weighted by Gasteiger charge is 2.24. The number of hydrogen-bond acceptors (Lipinski definition) is 5. The zero-order chi connectivity index (χ0) is 18.5. The van der Waals surface area contributed by atoms with Gasteiger partial charge in [-0.2, -0.15) is 0 Å². The van der Waals surface area contributed by atoms with Crippen LogP contribution in [0.4, 0.5) is 11.5 Å². The summed E-state index contributed by atoms with van der Waals surface area (Å²) in [5.74, 6) is 1.28. The number of nitrogens with one attached hydrogen (secondary N) is 2. The van der Waals surface area contributed by atoms with E-state index in [2.05, 4.69) is 26.6 Å². The second-order valence-corrected chi connectivity index (χ2v) is 6.96. The molecule has 0 saturated carbocycles. The number of anilines is 2. The molecule has 0 unspecified atom stereocenters. The number of amides is 1. The molecule has 1 amide bonds. The van der Waals surface area contributed by atoms with E-state index in [-0.39, 0.29) is 5.91 Å². The lowest BCUT2D eigenvalue weighted by molar-refractivity contribution is -0.122. The van der Waals surface area contributed by atoms with Gasteiger partial charge in [-0.25, -0.2) is 4.98 Å². The van der Waals surface area contributed by atoms with Crippen LogP contribution in [-0.4, -0.2) is 47.5 Å². The van der Waals surface area contributed by atoms with E-state index in [0.717, 1.165) is 54.4 Å². The van der Waals surface area contributed by atoms with Crippen LogP contribution in [-0.2, 0) is 4.79 Å². The summed E-state index contributed by atoms with van der Waals surface area (Å²) in [6, 6.07) is 8.15. The highest BCUT2D eigenvalue weighted by Crippen LogP contribution is 2.28. The summed E-state index contributed by atoms with van der Waals surface area (Å²) >= 11 is 0. The molecule has 138 valence electrons. The Morgan fingerprint density at radius 2 is 2.19 bits per heavy atom. The van der Waals surface area contributed by atoms with Gasteiger partial charge in [-0.3, -0.25) is 14.7 Å². The van der Waals surface area contributed by atoms with Crippen LogP contribution < -0.4 is 10.6 Å². The molecule has 3 heterocycles. The maximum Gasteiger partial charge on any atom is 0.233 e. The van der Waals surface area contributed by atoms with Gasteiger partial charge in [0.05, 0.1) is 6.54 Å². The fourth-order valence-corrected chi connectivity index (χ4v) is 3.45. The molecule has 0 radical (unpaired) electrons. The van der Waals surface area contributed by atoms with Gasteiger partial charge in [0.15, 0.2) is 0 Å². The maximum absolute atomic E-state index is 11.7. The van der Waals surface area contributed by atoms with Crippen LogP contribution in [0.5, 0.6) is 0 Å². The molecule has 1 aliphatic heterocycles. The van der Waals surface area contributed by atoms with Crippen molar-refractivity contribution in [3.8, 4) is 0 Å². The summed E-state index contributed by atoms with van der Waals surface area (Å²) in [4.78, 5) is 23.1. The number of nitrogens with zero attached hydrogens (tertiary/aromatic N) is 3. The average molecular weight is 353 g/mol. The quantitative estimate of drug-likeness (QED) is 0.865. The molecular formula is C20H27N5O. The molecule has 6 heteroatoms. The number of aromatic nitrogens is 2. The number of pyridine rings is 2. The molecule has 1 aliphatic rings. The van der Waals surface area contributed by atoms with Gasteiger partial charge in [0.25, 0.3) is 0 Å². The largest absolute Gasteiger partial charge is 0.358 e. The lowest BCUT2D eigenvalue weighted by Gasteiger charge is -2.32. The van der Waals surface area contributed by atoms with Crippen molar-refractivity contribution in [1.29, 1.82) is 0 Å². The lowest BCUT2D eigenvalue weighted by Crippen LogP contribution is -2.41. The van der Waals surface area contributed by atoms with Crippen molar-refractivity contribution in [2.45, 2.75) is 32.6 Å². The Hall–Kier alpha value is -2.47. The van der Waals surface area contributed by atoms with E-state index in [1.54, 1.807) is 13.2 Å². The second kappa shape index (κ2) is 8.27. The number of carbonyl (C=O) groups is 1. The summed E-state index contributed by atoms with van der Waals surface area (Å²) < 4.78 is 0. The van der Waals surface area contributed by atoms with E-state index in [1.165, 1.54) is 0 Å². The molecule has 3 rings (SSSR count). The van der Waals surface area contributed by atoms with Crippen molar-refractivity contribution >= 4 is 17.4 Å². The monoisotopic (exact) mass is 353 g/mol. The first-order chi connectivity index (χ1) is 12.5. The van der Waals surface area contributed by atoms with Gasteiger partial charge in [-0.15, -0.1) is 0 Å². The first kappa shape index (κ1) is 18.3. The molecule has 2 aromatic rings. The zero-order valence-electron chi connectivity index (χ0n) is 15.7. The Bertz CT molecular complexity index is 777. The molecule has 1 fully saturated rings. The predicted molar refractivity (Wildman–Crippen MR) is 104 cm³/mol. The summed E-state index contributed by atoms with van der Waals surface area (Å²) in [6.45, 7) is 6.35. The zero-order valence-corrected chi connectivity index (χ0v) is 15.7. The van der Waals surface area contributed by atoms with Crippen LogP contribution in [0.3, 0.4) is 0 Å². The minimum Gasteiger partial charge on any atom is -0.358 e. The van der Waals surface area contributed by atoms with E-state index in [0.29, 0.717) is 12.5 Å². The first-order valence-electron chi connectivity index (χ1n) is 9.15. The summed E-state index contributed by atoms with van der Waals surface area (Å²) in [5.41, 5.74) is 4.19. The highest BCUT2D eigenvalue weighted by atomic mass is 16.1. The van der Waals surface area contributed by atoms with Crippen LogP contribution >= 0.6 is 0 Å². The number of rotatable bonds is 5. The third kappa shape index (κ3) is 4.58. The molecule has 6 nitrogen and oxygen atoms in total.